The number of benzene rings is 1. The molecule has 20 heavy (non-hydrogen) atoms. The van der Waals surface area contributed by atoms with Gasteiger partial charge in [0.25, 0.3) is 5.91 Å². The summed E-state index contributed by atoms with van der Waals surface area (Å²) < 4.78 is 5.08. The normalized spacial score (nSPS) is 12.2. The van der Waals surface area contributed by atoms with Gasteiger partial charge in [-0.3, -0.25) is 4.79 Å². The zero-order valence-corrected chi connectivity index (χ0v) is 12.3. The van der Waals surface area contributed by atoms with Crippen LogP contribution in [-0.4, -0.2) is 30.8 Å². The number of nitrogens with two attached hydrogens (primary N) is 1. The fraction of sp³-hybridized carbons (Fsp3) is 0.533. The van der Waals surface area contributed by atoms with E-state index in [2.05, 4.69) is 5.32 Å². The molecule has 1 unspecified atom stereocenters. The van der Waals surface area contributed by atoms with Crippen molar-refractivity contribution in [1.82, 2.24) is 5.32 Å². The van der Waals surface area contributed by atoms with Crippen LogP contribution in [0.25, 0.3) is 0 Å². The number of nitrogen functional groups attached to an aromatic ring is 1. The van der Waals surface area contributed by atoms with Crippen LogP contribution in [0.2, 0.25) is 0 Å². The second-order valence-corrected chi connectivity index (χ2v) is 4.81. The van der Waals surface area contributed by atoms with E-state index in [0.29, 0.717) is 17.0 Å². The van der Waals surface area contributed by atoms with E-state index in [1.54, 1.807) is 18.2 Å². The Morgan fingerprint density at radius 1 is 1.40 bits per heavy atom. The van der Waals surface area contributed by atoms with Crippen LogP contribution in [-0.2, 0) is 0 Å². The Labute approximate surface area is 120 Å². The maximum atomic E-state index is 12.0. The molecular formula is C15H24N2O3. The maximum Gasteiger partial charge on any atom is 0.251 e. The molecular weight excluding hydrogens is 256 g/mol. The third kappa shape index (κ3) is 4.13. The van der Waals surface area contributed by atoms with Crippen molar-refractivity contribution in [2.75, 3.05) is 19.4 Å². The molecule has 1 aromatic rings. The highest BCUT2D eigenvalue weighted by molar-refractivity contribution is 5.95. The molecule has 0 bridgehead atoms. The fourth-order valence-corrected chi connectivity index (χ4v) is 2.15. The lowest BCUT2D eigenvalue weighted by Gasteiger charge is -2.20. The van der Waals surface area contributed by atoms with Gasteiger partial charge in [0.15, 0.2) is 0 Å². The number of rotatable bonds is 7. The van der Waals surface area contributed by atoms with Crippen LogP contribution in [0.1, 0.15) is 37.0 Å². The summed E-state index contributed by atoms with van der Waals surface area (Å²) in [6.07, 6.45) is 1.26. The number of amides is 1. The molecule has 5 nitrogen and oxygen atoms in total. The number of aliphatic hydroxyl groups excluding tert-OH is 1. The van der Waals surface area contributed by atoms with Crippen molar-refractivity contribution in [3.05, 3.63) is 23.8 Å². The first kappa shape index (κ1) is 16.3. The molecule has 0 saturated heterocycles. The topological polar surface area (TPSA) is 84.6 Å². The van der Waals surface area contributed by atoms with Crippen LogP contribution in [0.3, 0.4) is 0 Å². The lowest BCUT2D eigenvalue weighted by molar-refractivity contribution is 0.0816. The Hall–Kier alpha value is -1.75. The Bertz CT molecular complexity index is 445. The summed E-state index contributed by atoms with van der Waals surface area (Å²) >= 11 is 0. The number of ether oxygens (including phenoxy) is 1. The Morgan fingerprint density at radius 3 is 2.60 bits per heavy atom. The van der Waals surface area contributed by atoms with Crippen molar-refractivity contribution in [1.29, 1.82) is 0 Å². The lowest BCUT2D eigenvalue weighted by Crippen LogP contribution is -2.36. The Balaban J connectivity index is 2.63. The van der Waals surface area contributed by atoms with Crippen LogP contribution in [0.5, 0.6) is 5.75 Å². The summed E-state index contributed by atoms with van der Waals surface area (Å²) in [4.78, 5) is 12.0. The summed E-state index contributed by atoms with van der Waals surface area (Å²) in [5, 5.41) is 12.7. The van der Waals surface area contributed by atoms with E-state index in [4.69, 9.17) is 10.5 Å². The van der Waals surface area contributed by atoms with Crippen LogP contribution in [0, 0.1) is 5.92 Å². The number of carbonyl (C=O) groups is 1. The van der Waals surface area contributed by atoms with Gasteiger partial charge < -0.3 is 20.9 Å². The number of hydrogen-bond acceptors (Lipinski definition) is 4. The van der Waals surface area contributed by atoms with E-state index in [1.807, 2.05) is 13.8 Å². The van der Waals surface area contributed by atoms with E-state index in [1.165, 1.54) is 7.11 Å². The predicted octanol–water partition coefficient (Wildman–Crippen LogP) is 1.80. The lowest BCUT2D eigenvalue weighted by atomic mass is 9.96. The SMILES string of the molecule is CCC(CC)C(O)CNC(=O)c1ccc(N)c(OC)c1. The van der Waals surface area contributed by atoms with Gasteiger partial charge >= 0.3 is 0 Å². The largest absolute Gasteiger partial charge is 0.495 e. The molecule has 0 saturated carbocycles. The van der Waals surface area contributed by atoms with Gasteiger partial charge in [0.1, 0.15) is 5.75 Å². The molecule has 5 heteroatoms. The molecule has 4 N–H and O–H groups in total. The molecule has 1 rings (SSSR count). The van der Waals surface area contributed by atoms with Crippen molar-refractivity contribution in [3.63, 3.8) is 0 Å². The molecule has 0 aromatic heterocycles. The minimum absolute atomic E-state index is 0.205. The second kappa shape index (κ2) is 7.75. The summed E-state index contributed by atoms with van der Waals surface area (Å²) in [6, 6.07) is 4.86. The Kier molecular flexibility index (Phi) is 6.31. The number of methoxy groups -OCH3 is 1. The Morgan fingerprint density at radius 2 is 2.05 bits per heavy atom. The molecule has 0 aliphatic carbocycles. The van der Waals surface area contributed by atoms with Crippen molar-refractivity contribution in [2.24, 2.45) is 5.92 Å². The smallest absolute Gasteiger partial charge is 0.251 e. The third-order valence-electron chi connectivity index (χ3n) is 3.56. The van der Waals surface area contributed by atoms with Crippen LogP contribution >= 0.6 is 0 Å². The molecule has 0 aliphatic rings. The zero-order valence-electron chi connectivity index (χ0n) is 12.3. The van der Waals surface area contributed by atoms with E-state index >= 15 is 0 Å². The average molecular weight is 280 g/mol. The van der Waals surface area contributed by atoms with E-state index < -0.39 is 6.10 Å². The first-order valence-corrected chi connectivity index (χ1v) is 6.93. The average Bonchev–Trinajstić information content (AvgIpc) is 2.46. The highest BCUT2D eigenvalue weighted by Gasteiger charge is 2.17. The minimum atomic E-state index is -0.523. The van der Waals surface area contributed by atoms with E-state index in [9.17, 15) is 9.90 Å². The van der Waals surface area contributed by atoms with Crippen molar-refractivity contribution < 1.29 is 14.6 Å². The van der Waals surface area contributed by atoms with Gasteiger partial charge in [-0.1, -0.05) is 26.7 Å². The molecule has 0 spiro atoms. The minimum Gasteiger partial charge on any atom is -0.495 e. The number of aliphatic hydroxyl groups is 1. The van der Waals surface area contributed by atoms with Crippen molar-refractivity contribution in [2.45, 2.75) is 32.8 Å². The van der Waals surface area contributed by atoms with Gasteiger partial charge in [-0.15, -0.1) is 0 Å². The second-order valence-electron chi connectivity index (χ2n) is 4.81. The van der Waals surface area contributed by atoms with Crippen LogP contribution in [0.15, 0.2) is 18.2 Å². The number of anilines is 1. The van der Waals surface area contributed by atoms with E-state index in [0.717, 1.165) is 12.8 Å². The van der Waals surface area contributed by atoms with Gasteiger partial charge in [0.2, 0.25) is 0 Å². The summed E-state index contributed by atoms with van der Waals surface area (Å²) in [5.41, 5.74) is 6.65. The van der Waals surface area contributed by atoms with Crippen LogP contribution < -0.4 is 15.8 Å². The van der Waals surface area contributed by atoms with Crippen molar-refractivity contribution in [3.8, 4) is 5.75 Å². The highest BCUT2D eigenvalue weighted by atomic mass is 16.5. The molecule has 0 aliphatic heterocycles. The molecule has 0 heterocycles. The van der Waals surface area contributed by atoms with Gasteiger partial charge in [-0.25, -0.2) is 0 Å². The van der Waals surface area contributed by atoms with Gasteiger partial charge in [-0.05, 0) is 24.1 Å². The summed E-state index contributed by atoms with van der Waals surface area (Å²) in [6.45, 7) is 4.31. The molecule has 1 atom stereocenters. The van der Waals surface area contributed by atoms with Crippen molar-refractivity contribution >= 4 is 11.6 Å². The van der Waals surface area contributed by atoms with Gasteiger partial charge in [0, 0.05) is 12.1 Å². The fourth-order valence-electron chi connectivity index (χ4n) is 2.15. The molecule has 0 fully saturated rings. The maximum absolute atomic E-state index is 12.0. The molecule has 0 radical (unpaired) electrons. The third-order valence-corrected chi connectivity index (χ3v) is 3.56. The molecule has 1 amide bonds. The molecule has 112 valence electrons. The highest BCUT2D eigenvalue weighted by Crippen LogP contribution is 2.22. The number of hydrogen-bond donors (Lipinski definition) is 3. The van der Waals surface area contributed by atoms with Crippen LogP contribution in [0.4, 0.5) is 5.69 Å². The number of nitrogens with one attached hydrogen (secondary N) is 1. The molecule has 1 aromatic carbocycles. The van der Waals surface area contributed by atoms with Gasteiger partial charge in [0.05, 0.1) is 18.9 Å². The summed E-state index contributed by atoms with van der Waals surface area (Å²) in [7, 11) is 1.50. The standard InChI is InChI=1S/C15H24N2O3/c1-4-10(5-2)13(18)9-17-15(19)11-6-7-12(16)14(8-11)20-3/h6-8,10,13,18H,4-5,9,16H2,1-3H3,(H,17,19). The summed E-state index contributed by atoms with van der Waals surface area (Å²) in [5.74, 6) is 0.433. The zero-order chi connectivity index (χ0) is 15.1. The van der Waals surface area contributed by atoms with E-state index in [-0.39, 0.29) is 18.4 Å². The first-order valence-electron chi connectivity index (χ1n) is 6.93. The van der Waals surface area contributed by atoms with Gasteiger partial charge in [-0.2, -0.15) is 0 Å². The predicted molar refractivity (Wildman–Crippen MR) is 79.8 cm³/mol. The number of carbonyl (C=O) groups excluding carboxylic acids is 1. The quantitative estimate of drug-likeness (QED) is 0.665. The monoisotopic (exact) mass is 280 g/mol. The first-order chi connectivity index (χ1) is 9.53.